The van der Waals surface area contributed by atoms with Crippen LogP contribution in [-0.2, 0) is 15.6 Å². The van der Waals surface area contributed by atoms with Gasteiger partial charge in [-0.2, -0.15) is 0 Å². The molecule has 0 fully saturated rings. The highest BCUT2D eigenvalue weighted by Crippen LogP contribution is 2.33. The molecule has 0 saturated carbocycles. The summed E-state index contributed by atoms with van der Waals surface area (Å²) in [5.74, 6) is -1.16. The molecular formula is C25H35O2-. The first-order valence-electron chi connectivity index (χ1n) is 9.77. The van der Waals surface area contributed by atoms with Gasteiger partial charge in [0.15, 0.2) is 0 Å². The van der Waals surface area contributed by atoms with Gasteiger partial charge in [0, 0.05) is 0 Å². The number of carboxylic acids is 1. The lowest BCUT2D eigenvalue weighted by atomic mass is 9.78. The summed E-state index contributed by atoms with van der Waals surface area (Å²) in [6, 6.07) is 6.93. The number of carboxylic acid groups (broad SMARTS) is 1. The largest absolute Gasteiger partial charge is 0.545 e. The Morgan fingerprint density at radius 3 is 1.93 bits per heavy atom. The summed E-state index contributed by atoms with van der Waals surface area (Å²) in [6.45, 7) is 17.4. The van der Waals surface area contributed by atoms with Gasteiger partial charge in [0.2, 0.25) is 0 Å². The average Bonchev–Trinajstić information content (AvgIpc) is 2.51. The Balaban J connectivity index is 3.44. The molecule has 0 amide bonds. The van der Waals surface area contributed by atoms with Gasteiger partial charge in [-0.15, -0.1) is 0 Å². The van der Waals surface area contributed by atoms with E-state index in [4.69, 9.17) is 0 Å². The van der Waals surface area contributed by atoms with E-state index in [1.54, 1.807) is 6.92 Å². The number of rotatable bonds is 6. The van der Waals surface area contributed by atoms with Crippen molar-refractivity contribution in [3.05, 3.63) is 64.8 Å². The van der Waals surface area contributed by atoms with Crippen LogP contribution in [0, 0.1) is 0 Å². The van der Waals surface area contributed by atoms with Crippen molar-refractivity contribution in [3.63, 3.8) is 0 Å². The second kappa shape index (κ2) is 9.21. The zero-order valence-corrected chi connectivity index (χ0v) is 18.3. The molecule has 1 aromatic carbocycles. The highest BCUT2D eigenvalue weighted by molar-refractivity contribution is 5.79. The number of hydrogen-bond acceptors (Lipinski definition) is 2. The monoisotopic (exact) mass is 367 g/mol. The first kappa shape index (κ1) is 23.0. The maximum Gasteiger partial charge on any atom is 0.0645 e. The molecule has 0 saturated heterocycles. The molecule has 0 N–H and O–H groups in total. The maximum atomic E-state index is 10.7. The number of benzene rings is 1. The van der Waals surface area contributed by atoms with Gasteiger partial charge in [0.1, 0.15) is 0 Å². The van der Waals surface area contributed by atoms with Crippen molar-refractivity contribution in [2.45, 2.75) is 79.1 Å². The molecule has 148 valence electrons. The van der Waals surface area contributed by atoms with E-state index in [1.165, 1.54) is 22.3 Å². The van der Waals surface area contributed by atoms with Crippen LogP contribution >= 0.6 is 0 Å². The molecule has 0 spiro atoms. The molecule has 1 aromatic rings. The van der Waals surface area contributed by atoms with E-state index in [0.717, 1.165) is 18.9 Å². The van der Waals surface area contributed by atoms with Gasteiger partial charge in [0.05, 0.1) is 5.97 Å². The van der Waals surface area contributed by atoms with E-state index in [1.807, 2.05) is 12.2 Å². The van der Waals surface area contributed by atoms with Gasteiger partial charge < -0.3 is 9.90 Å². The molecular weight excluding hydrogens is 332 g/mol. The quantitative estimate of drug-likeness (QED) is 0.477. The molecule has 27 heavy (non-hydrogen) atoms. The second-order valence-electron chi connectivity index (χ2n) is 9.31. The SMILES string of the molecule is CCCC(=CC=CC(C)=CC(=O)[O-])c1cc(C(C)(C)C)cc(C(C)(C)C)c1. The van der Waals surface area contributed by atoms with E-state index in [9.17, 15) is 9.90 Å². The summed E-state index contributed by atoms with van der Waals surface area (Å²) >= 11 is 0. The van der Waals surface area contributed by atoms with Gasteiger partial charge >= 0.3 is 0 Å². The molecule has 0 unspecified atom stereocenters. The van der Waals surface area contributed by atoms with Crippen LogP contribution in [0.3, 0.4) is 0 Å². The fraction of sp³-hybridized carbons (Fsp3) is 0.480. The number of allylic oxidation sites excluding steroid dienone is 5. The lowest BCUT2D eigenvalue weighted by Crippen LogP contribution is -2.19. The van der Waals surface area contributed by atoms with Gasteiger partial charge in [-0.25, -0.2) is 0 Å². The fourth-order valence-electron chi connectivity index (χ4n) is 2.82. The Labute approximate surface area is 165 Å². The van der Waals surface area contributed by atoms with E-state index in [-0.39, 0.29) is 10.8 Å². The minimum Gasteiger partial charge on any atom is -0.545 e. The first-order valence-corrected chi connectivity index (χ1v) is 9.77. The van der Waals surface area contributed by atoms with E-state index in [2.05, 4.69) is 72.7 Å². The third-order valence-corrected chi connectivity index (χ3v) is 4.56. The Morgan fingerprint density at radius 1 is 1.00 bits per heavy atom. The highest BCUT2D eigenvalue weighted by Gasteiger charge is 2.21. The number of aliphatic carboxylic acids is 1. The van der Waals surface area contributed by atoms with Crippen LogP contribution in [0.2, 0.25) is 0 Å². The van der Waals surface area contributed by atoms with Crippen molar-refractivity contribution in [1.29, 1.82) is 0 Å². The Bertz CT molecular complexity index is 715. The van der Waals surface area contributed by atoms with Crippen LogP contribution in [0.1, 0.15) is 84.9 Å². The first-order chi connectivity index (χ1) is 12.3. The van der Waals surface area contributed by atoms with Crippen molar-refractivity contribution in [1.82, 2.24) is 0 Å². The summed E-state index contributed by atoms with van der Waals surface area (Å²) in [7, 11) is 0. The minimum atomic E-state index is -1.16. The highest BCUT2D eigenvalue weighted by atomic mass is 16.4. The Hall–Kier alpha value is -2.09. The molecule has 2 heteroatoms. The minimum absolute atomic E-state index is 0.0803. The number of carbonyl (C=O) groups is 1. The zero-order valence-electron chi connectivity index (χ0n) is 18.3. The third kappa shape index (κ3) is 7.58. The van der Waals surface area contributed by atoms with E-state index in [0.29, 0.717) is 5.57 Å². The number of carbonyl (C=O) groups excluding carboxylic acids is 1. The molecule has 0 heterocycles. The predicted octanol–water partition coefficient (Wildman–Crippen LogP) is 5.72. The van der Waals surface area contributed by atoms with Crippen LogP contribution < -0.4 is 5.11 Å². The summed E-state index contributed by atoms with van der Waals surface area (Å²) in [4.78, 5) is 10.7. The van der Waals surface area contributed by atoms with Crippen LogP contribution in [0.15, 0.2) is 48.1 Å². The summed E-state index contributed by atoms with van der Waals surface area (Å²) < 4.78 is 0. The predicted molar refractivity (Wildman–Crippen MR) is 115 cm³/mol. The molecule has 0 radical (unpaired) electrons. The molecule has 0 aliphatic heterocycles. The smallest absolute Gasteiger partial charge is 0.0645 e. The van der Waals surface area contributed by atoms with Crippen LogP contribution in [0.4, 0.5) is 0 Å². The molecule has 0 atom stereocenters. The summed E-state index contributed by atoms with van der Waals surface area (Å²) in [6.07, 6.45) is 8.99. The van der Waals surface area contributed by atoms with Crippen molar-refractivity contribution >= 4 is 11.5 Å². The van der Waals surface area contributed by atoms with E-state index < -0.39 is 5.97 Å². The molecule has 0 bridgehead atoms. The van der Waals surface area contributed by atoms with Crippen molar-refractivity contribution in [3.8, 4) is 0 Å². The molecule has 2 nitrogen and oxygen atoms in total. The third-order valence-electron chi connectivity index (χ3n) is 4.56. The lowest BCUT2D eigenvalue weighted by molar-refractivity contribution is -0.297. The maximum absolute atomic E-state index is 10.7. The molecule has 0 aromatic heterocycles. The van der Waals surface area contributed by atoms with Crippen LogP contribution in [0.5, 0.6) is 0 Å². The van der Waals surface area contributed by atoms with Gasteiger partial charge in [0.25, 0.3) is 0 Å². The lowest BCUT2D eigenvalue weighted by Gasteiger charge is -2.26. The topological polar surface area (TPSA) is 40.1 Å². The van der Waals surface area contributed by atoms with Crippen LogP contribution in [0.25, 0.3) is 5.57 Å². The standard InChI is InChI=1S/C25H36O2/c1-9-11-19(13-10-12-18(2)14-23(26)27)20-15-21(24(3,4)5)17-22(16-20)25(6,7)8/h10,12-17H,9,11H2,1-8H3,(H,26,27)/p-1. The van der Waals surface area contributed by atoms with Crippen LogP contribution in [-0.4, -0.2) is 5.97 Å². The normalized spacial score (nSPS) is 14.1. The fourth-order valence-corrected chi connectivity index (χ4v) is 2.82. The molecule has 1 rings (SSSR count). The van der Waals surface area contributed by atoms with Gasteiger partial charge in [-0.1, -0.05) is 91.3 Å². The molecule has 0 aliphatic rings. The second-order valence-corrected chi connectivity index (χ2v) is 9.31. The van der Waals surface area contributed by atoms with E-state index >= 15 is 0 Å². The molecule has 0 aliphatic carbocycles. The van der Waals surface area contributed by atoms with Crippen molar-refractivity contribution in [2.75, 3.05) is 0 Å². The average molecular weight is 368 g/mol. The summed E-state index contributed by atoms with van der Waals surface area (Å²) in [5.41, 5.74) is 6.02. The van der Waals surface area contributed by atoms with Gasteiger partial charge in [-0.3, -0.25) is 0 Å². The van der Waals surface area contributed by atoms with Crippen molar-refractivity contribution < 1.29 is 9.90 Å². The zero-order chi connectivity index (χ0) is 20.8. The van der Waals surface area contributed by atoms with Crippen molar-refractivity contribution in [2.24, 2.45) is 0 Å². The number of hydrogen-bond donors (Lipinski definition) is 0. The summed E-state index contributed by atoms with van der Waals surface area (Å²) in [5, 5.41) is 10.7. The Morgan fingerprint density at radius 2 is 1.52 bits per heavy atom. The van der Waals surface area contributed by atoms with Gasteiger partial charge in [-0.05, 0) is 58.1 Å². The Kier molecular flexibility index (Phi) is 7.83.